The number of rotatable bonds is 3. The zero-order valence-corrected chi connectivity index (χ0v) is 12.7. The Bertz CT molecular complexity index is 1010. The van der Waals surface area contributed by atoms with Gasteiger partial charge in [0.15, 0.2) is 0 Å². The van der Waals surface area contributed by atoms with Crippen molar-refractivity contribution in [2.45, 2.75) is 18.9 Å². The van der Waals surface area contributed by atoms with Gasteiger partial charge < -0.3 is 9.88 Å². The molecule has 1 N–H and O–H groups in total. The first kappa shape index (κ1) is 14.6. The standard InChI is InChI=1S/C18H14FN3O2/c19-13-3-1-11-7-8-20-17(15(11)9-13)21-18(24)12-2-6-16(23)22(10-12)14-4-5-14/h1-3,6-10,14H,4-5H2,(H,20,21,24). The zero-order chi connectivity index (χ0) is 16.7. The first-order valence-electron chi connectivity index (χ1n) is 7.69. The van der Waals surface area contributed by atoms with Crippen molar-refractivity contribution < 1.29 is 9.18 Å². The van der Waals surface area contributed by atoms with Gasteiger partial charge in [0.25, 0.3) is 11.5 Å². The van der Waals surface area contributed by atoms with Crippen LogP contribution in [-0.2, 0) is 0 Å². The van der Waals surface area contributed by atoms with Gasteiger partial charge in [-0.05, 0) is 42.5 Å². The summed E-state index contributed by atoms with van der Waals surface area (Å²) in [5, 5.41) is 4.01. The number of carbonyl (C=O) groups excluding carboxylic acids is 1. The number of nitrogens with zero attached hydrogens (tertiary/aromatic N) is 2. The third-order valence-electron chi connectivity index (χ3n) is 4.10. The lowest BCUT2D eigenvalue weighted by Gasteiger charge is -2.09. The maximum absolute atomic E-state index is 13.5. The Labute approximate surface area is 136 Å². The van der Waals surface area contributed by atoms with Gasteiger partial charge in [-0.25, -0.2) is 9.37 Å². The van der Waals surface area contributed by atoms with Gasteiger partial charge in [-0.2, -0.15) is 0 Å². The summed E-state index contributed by atoms with van der Waals surface area (Å²) in [6.45, 7) is 0. The molecule has 1 aromatic carbocycles. The molecule has 0 bridgehead atoms. The first-order chi connectivity index (χ1) is 11.6. The van der Waals surface area contributed by atoms with Crippen LogP contribution >= 0.6 is 0 Å². The summed E-state index contributed by atoms with van der Waals surface area (Å²) in [6, 6.07) is 9.15. The van der Waals surface area contributed by atoms with Crippen molar-refractivity contribution in [1.82, 2.24) is 9.55 Å². The van der Waals surface area contributed by atoms with Gasteiger partial charge in [0.1, 0.15) is 11.6 Å². The molecule has 120 valence electrons. The van der Waals surface area contributed by atoms with Crippen molar-refractivity contribution >= 4 is 22.5 Å². The van der Waals surface area contributed by atoms with Crippen molar-refractivity contribution in [3.8, 4) is 0 Å². The van der Waals surface area contributed by atoms with E-state index in [0.29, 0.717) is 16.8 Å². The summed E-state index contributed by atoms with van der Waals surface area (Å²) in [6.07, 6.45) is 5.03. The van der Waals surface area contributed by atoms with Gasteiger partial charge in [0.2, 0.25) is 0 Å². The monoisotopic (exact) mass is 323 g/mol. The SMILES string of the molecule is O=C(Nc1nccc2ccc(F)cc12)c1ccc(=O)n(C2CC2)c1. The van der Waals surface area contributed by atoms with Gasteiger partial charge in [0.05, 0.1) is 5.56 Å². The molecule has 1 saturated carbocycles. The number of hydrogen-bond donors (Lipinski definition) is 1. The van der Waals surface area contributed by atoms with Crippen LogP contribution in [0, 0.1) is 5.82 Å². The average Bonchev–Trinajstić information content (AvgIpc) is 3.40. The van der Waals surface area contributed by atoms with E-state index in [1.807, 2.05) is 0 Å². The Balaban J connectivity index is 1.68. The fourth-order valence-electron chi connectivity index (χ4n) is 2.70. The second kappa shape index (κ2) is 5.56. The average molecular weight is 323 g/mol. The third kappa shape index (κ3) is 2.67. The Morgan fingerprint density at radius 1 is 1.21 bits per heavy atom. The molecule has 0 radical (unpaired) electrons. The molecule has 0 aliphatic heterocycles. The fraction of sp³-hybridized carbons (Fsp3) is 0.167. The molecule has 6 heteroatoms. The number of hydrogen-bond acceptors (Lipinski definition) is 3. The van der Waals surface area contributed by atoms with E-state index in [2.05, 4.69) is 10.3 Å². The highest BCUT2D eigenvalue weighted by atomic mass is 19.1. The van der Waals surface area contributed by atoms with E-state index in [1.54, 1.807) is 29.1 Å². The highest BCUT2D eigenvalue weighted by molar-refractivity contribution is 6.07. The minimum Gasteiger partial charge on any atom is -0.312 e. The van der Waals surface area contributed by atoms with Gasteiger partial charge >= 0.3 is 0 Å². The van der Waals surface area contributed by atoms with Crippen molar-refractivity contribution in [2.75, 3.05) is 5.32 Å². The van der Waals surface area contributed by atoms with Crippen LogP contribution in [0.25, 0.3) is 10.8 Å². The molecular weight excluding hydrogens is 309 g/mol. The first-order valence-corrected chi connectivity index (χ1v) is 7.69. The maximum Gasteiger partial charge on any atom is 0.258 e. The Morgan fingerprint density at radius 2 is 2.04 bits per heavy atom. The van der Waals surface area contributed by atoms with E-state index in [4.69, 9.17) is 0 Å². The number of anilines is 1. The van der Waals surface area contributed by atoms with E-state index in [-0.39, 0.29) is 17.5 Å². The quantitative estimate of drug-likeness (QED) is 0.805. The summed E-state index contributed by atoms with van der Waals surface area (Å²) in [5.74, 6) is -0.483. The molecule has 1 fully saturated rings. The molecule has 24 heavy (non-hydrogen) atoms. The number of benzene rings is 1. The van der Waals surface area contributed by atoms with Crippen LogP contribution in [0.15, 0.2) is 53.6 Å². The number of carbonyl (C=O) groups is 1. The summed E-state index contributed by atoms with van der Waals surface area (Å²) in [4.78, 5) is 28.4. The highest BCUT2D eigenvalue weighted by Crippen LogP contribution is 2.33. The maximum atomic E-state index is 13.5. The second-order valence-corrected chi connectivity index (χ2v) is 5.87. The van der Waals surface area contributed by atoms with Crippen LogP contribution < -0.4 is 10.9 Å². The smallest absolute Gasteiger partial charge is 0.258 e. The molecule has 4 rings (SSSR count). The molecule has 1 aliphatic rings. The molecule has 2 heterocycles. The van der Waals surface area contributed by atoms with E-state index in [0.717, 1.165) is 18.2 Å². The number of nitrogens with one attached hydrogen (secondary N) is 1. The van der Waals surface area contributed by atoms with Gasteiger partial charge in [0, 0.05) is 29.9 Å². The number of aromatic nitrogens is 2. The molecule has 5 nitrogen and oxygen atoms in total. The summed E-state index contributed by atoms with van der Waals surface area (Å²) < 4.78 is 15.1. The lowest BCUT2D eigenvalue weighted by molar-refractivity contribution is 0.102. The van der Waals surface area contributed by atoms with Gasteiger partial charge in [-0.1, -0.05) is 6.07 Å². The van der Waals surface area contributed by atoms with Crippen LogP contribution in [0.5, 0.6) is 0 Å². The minimum absolute atomic E-state index is 0.112. The minimum atomic E-state index is -0.395. The Kier molecular flexibility index (Phi) is 3.37. The topological polar surface area (TPSA) is 64.0 Å². The summed E-state index contributed by atoms with van der Waals surface area (Å²) in [5.41, 5.74) is 0.260. The number of amides is 1. The van der Waals surface area contributed by atoms with E-state index >= 15 is 0 Å². The molecule has 1 amide bonds. The van der Waals surface area contributed by atoms with E-state index in [1.165, 1.54) is 24.3 Å². The predicted octanol–water partition coefficient (Wildman–Crippen LogP) is 3.12. The van der Waals surface area contributed by atoms with Crippen LogP contribution in [0.2, 0.25) is 0 Å². The van der Waals surface area contributed by atoms with Crippen LogP contribution in [-0.4, -0.2) is 15.5 Å². The summed E-state index contributed by atoms with van der Waals surface area (Å²) in [7, 11) is 0. The number of fused-ring (bicyclic) bond motifs is 1. The normalized spacial score (nSPS) is 13.9. The Hall–Kier alpha value is -3.02. The Morgan fingerprint density at radius 3 is 2.83 bits per heavy atom. The molecule has 0 unspecified atom stereocenters. The molecule has 2 aromatic heterocycles. The van der Waals surface area contributed by atoms with Gasteiger partial charge in [-0.3, -0.25) is 9.59 Å². The lowest BCUT2D eigenvalue weighted by atomic mass is 10.1. The van der Waals surface area contributed by atoms with Crippen molar-refractivity contribution in [2.24, 2.45) is 0 Å². The van der Waals surface area contributed by atoms with Crippen molar-refractivity contribution in [1.29, 1.82) is 0 Å². The number of pyridine rings is 2. The molecule has 0 spiro atoms. The molecule has 0 saturated heterocycles. The third-order valence-corrected chi connectivity index (χ3v) is 4.10. The van der Waals surface area contributed by atoms with Crippen LogP contribution in [0.4, 0.5) is 10.2 Å². The zero-order valence-electron chi connectivity index (χ0n) is 12.7. The van der Waals surface area contributed by atoms with Crippen LogP contribution in [0.3, 0.4) is 0 Å². The second-order valence-electron chi connectivity index (χ2n) is 5.87. The van der Waals surface area contributed by atoms with Crippen LogP contribution in [0.1, 0.15) is 29.2 Å². The van der Waals surface area contributed by atoms with Crippen molar-refractivity contribution in [3.63, 3.8) is 0 Å². The van der Waals surface area contributed by atoms with Crippen molar-refractivity contribution in [3.05, 3.63) is 70.5 Å². The van der Waals surface area contributed by atoms with E-state index in [9.17, 15) is 14.0 Å². The highest BCUT2D eigenvalue weighted by Gasteiger charge is 2.25. The number of halogens is 1. The lowest BCUT2D eigenvalue weighted by Crippen LogP contribution is -2.21. The molecule has 3 aromatic rings. The largest absolute Gasteiger partial charge is 0.312 e. The van der Waals surface area contributed by atoms with E-state index < -0.39 is 5.82 Å². The van der Waals surface area contributed by atoms with Gasteiger partial charge in [-0.15, -0.1) is 0 Å². The predicted molar refractivity (Wildman–Crippen MR) is 88.6 cm³/mol. The summed E-state index contributed by atoms with van der Waals surface area (Å²) >= 11 is 0. The molecule has 0 atom stereocenters. The fourth-order valence-corrected chi connectivity index (χ4v) is 2.70. The molecule has 1 aliphatic carbocycles. The molecular formula is C18H14FN3O2.